The lowest BCUT2D eigenvalue weighted by Crippen LogP contribution is -2.40. The van der Waals surface area contributed by atoms with Gasteiger partial charge in [0.15, 0.2) is 0 Å². The quantitative estimate of drug-likeness (QED) is 0.699. The van der Waals surface area contributed by atoms with E-state index in [1.807, 2.05) is 17.0 Å². The van der Waals surface area contributed by atoms with Crippen LogP contribution in [0.1, 0.15) is 46.0 Å². The summed E-state index contributed by atoms with van der Waals surface area (Å²) in [7, 11) is 0. The zero-order valence-corrected chi connectivity index (χ0v) is 15.6. The van der Waals surface area contributed by atoms with Crippen molar-refractivity contribution in [2.24, 2.45) is 0 Å². The number of aromatic nitrogens is 2. The van der Waals surface area contributed by atoms with E-state index in [0.717, 1.165) is 36.6 Å². The summed E-state index contributed by atoms with van der Waals surface area (Å²) in [6.45, 7) is 8.67. The molecule has 0 spiro atoms. The number of hydrogen-bond acceptors (Lipinski definition) is 1. The van der Waals surface area contributed by atoms with Gasteiger partial charge in [-0.1, -0.05) is 30.3 Å². The molecule has 0 aliphatic carbocycles. The number of carbonyl (C=O) groups is 1. The fourth-order valence-corrected chi connectivity index (χ4v) is 4.04. The summed E-state index contributed by atoms with van der Waals surface area (Å²) in [6, 6.07) is 16.7. The molecule has 0 saturated carbocycles. The van der Waals surface area contributed by atoms with Crippen LogP contribution in [0.2, 0.25) is 0 Å². The second-order valence-electron chi connectivity index (χ2n) is 7.16. The molecule has 4 rings (SSSR count). The highest BCUT2D eigenvalue weighted by atomic mass is 16.2. The van der Waals surface area contributed by atoms with E-state index in [4.69, 9.17) is 0 Å². The minimum absolute atomic E-state index is 0.100. The Labute approximate surface area is 154 Å². The summed E-state index contributed by atoms with van der Waals surface area (Å²) < 4.78 is 4.48. The molecule has 4 heteroatoms. The van der Waals surface area contributed by atoms with Crippen LogP contribution in [0.5, 0.6) is 0 Å². The van der Waals surface area contributed by atoms with Crippen molar-refractivity contribution in [2.75, 3.05) is 6.54 Å². The molecule has 0 radical (unpaired) electrons. The van der Waals surface area contributed by atoms with Crippen LogP contribution in [0.15, 0.2) is 54.7 Å². The monoisotopic (exact) mass is 347 g/mol. The van der Waals surface area contributed by atoms with Gasteiger partial charge in [0.1, 0.15) is 0 Å². The largest absolute Gasteiger partial charge is 0.348 e. The van der Waals surface area contributed by atoms with Gasteiger partial charge in [0.05, 0.1) is 11.6 Å². The van der Waals surface area contributed by atoms with E-state index in [0.29, 0.717) is 0 Å². The third kappa shape index (κ3) is 2.75. The number of carbonyl (C=O) groups excluding carboxylic acids is 1. The summed E-state index contributed by atoms with van der Waals surface area (Å²) in [5, 5.41) is 0. The number of fused-ring (bicyclic) bond motifs is 1. The highest BCUT2D eigenvalue weighted by molar-refractivity contribution is 5.96. The van der Waals surface area contributed by atoms with Crippen LogP contribution in [0.4, 0.5) is 0 Å². The van der Waals surface area contributed by atoms with Crippen molar-refractivity contribution in [2.45, 2.75) is 39.9 Å². The normalized spacial score (nSPS) is 16.6. The van der Waals surface area contributed by atoms with Gasteiger partial charge in [-0.15, -0.1) is 0 Å². The van der Waals surface area contributed by atoms with E-state index in [-0.39, 0.29) is 11.9 Å². The molecular formula is C22H25N3O. The second-order valence-corrected chi connectivity index (χ2v) is 7.16. The Morgan fingerprint density at radius 3 is 2.62 bits per heavy atom. The summed E-state index contributed by atoms with van der Waals surface area (Å²) >= 11 is 0. The fraction of sp³-hybridized carbons (Fsp3) is 0.318. The Kier molecular flexibility index (Phi) is 4.19. The molecule has 0 unspecified atom stereocenters. The van der Waals surface area contributed by atoms with Crippen molar-refractivity contribution >= 4 is 5.91 Å². The summed E-state index contributed by atoms with van der Waals surface area (Å²) in [5.41, 5.74) is 5.46. The molecule has 0 fully saturated rings. The van der Waals surface area contributed by atoms with E-state index >= 15 is 0 Å². The third-order valence-electron chi connectivity index (χ3n) is 5.59. The SMILES string of the molecule is Cc1cc(C(=O)N2CCn3cccc3[C@H]2C)c(C)n1Cc1ccccc1. The van der Waals surface area contributed by atoms with E-state index in [1.54, 1.807) is 0 Å². The number of amides is 1. The lowest BCUT2D eigenvalue weighted by atomic mass is 10.1. The smallest absolute Gasteiger partial charge is 0.256 e. The van der Waals surface area contributed by atoms with Crippen molar-refractivity contribution in [1.29, 1.82) is 0 Å². The standard InChI is InChI=1S/C22H25N3O/c1-16-14-20(17(2)25(16)15-19-8-5-4-6-9-19)22(26)24-13-12-23-11-7-10-21(23)18(24)3/h4-11,14,18H,12-13,15H2,1-3H3/t18-/m1/s1. The van der Waals surface area contributed by atoms with Gasteiger partial charge in [-0.25, -0.2) is 0 Å². The molecule has 2 aromatic heterocycles. The average molecular weight is 347 g/mol. The second kappa shape index (κ2) is 6.52. The van der Waals surface area contributed by atoms with E-state index in [2.05, 4.69) is 72.5 Å². The molecule has 1 aliphatic heterocycles. The molecule has 0 N–H and O–H groups in total. The number of hydrogen-bond donors (Lipinski definition) is 0. The highest BCUT2D eigenvalue weighted by Crippen LogP contribution is 2.28. The van der Waals surface area contributed by atoms with Crippen molar-refractivity contribution in [1.82, 2.24) is 14.0 Å². The molecule has 1 aliphatic rings. The number of aryl methyl sites for hydroxylation is 1. The summed E-state index contributed by atoms with van der Waals surface area (Å²) in [5.74, 6) is 0.136. The molecule has 1 atom stereocenters. The first kappa shape index (κ1) is 16.7. The van der Waals surface area contributed by atoms with Crippen molar-refractivity contribution in [3.8, 4) is 0 Å². The lowest BCUT2D eigenvalue weighted by molar-refractivity contribution is 0.0643. The van der Waals surface area contributed by atoms with Gasteiger partial charge < -0.3 is 14.0 Å². The summed E-state index contributed by atoms with van der Waals surface area (Å²) in [4.78, 5) is 15.3. The van der Waals surface area contributed by atoms with E-state index in [9.17, 15) is 4.79 Å². The van der Waals surface area contributed by atoms with Crippen LogP contribution in [0.3, 0.4) is 0 Å². The Morgan fingerprint density at radius 2 is 1.85 bits per heavy atom. The van der Waals surface area contributed by atoms with Crippen LogP contribution < -0.4 is 0 Å². The number of nitrogens with zero attached hydrogens (tertiary/aromatic N) is 3. The zero-order chi connectivity index (χ0) is 18.3. The van der Waals surface area contributed by atoms with Gasteiger partial charge >= 0.3 is 0 Å². The predicted molar refractivity (Wildman–Crippen MR) is 103 cm³/mol. The van der Waals surface area contributed by atoms with E-state index in [1.165, 1.54) is 11.3 Å². The predicted octanol–water partition coefficient (Wildman–Crippen LogP) is 4.17. The number of benzene rings is 1. The Hall–Kier alpha value is -2.75. The first-order chi connectivity index (χ1) is 12.6. The first-order valence-corrected chi connectivity index (χ1v) is 9.23. The first-order valence-electron chi connectivity index (χ1n) is 9.23. The van der Waals surface area contributed by atoms with Crippen LogP contribution in [-0.4, -0.2) is 26.5 Å². The average Bonchev–Trinajstić information content (AvgIpc) is 3.23. The topological polar surface area (TPSA) is 30.2 Å². The van der Waals surface area contributed by atoms with Crippen LogP contribution in [0, 0.1) is 13.8 Å². The van der Waals surface area contributed by atoms with Gasteiger partial charge in [0, 0.05) is 42.9 Å². The van der Waals surface area contributed by atoms with Crippen molar-refractivity contribution in [3.05, 3.63) is 82.9 Å². The Bertz CT molecular complexity index is 936. The maximum Gasteiger partial charge on any atom is 0.256 e. The maximum absolute atomic E-state index is 13.3. The molecule has 4 nitrogen and oxygen atoms in total. The highest BCUT2D eigenvalue weighted by Gasteiger charge is 2.30. The number of rotatable bonds is 3. The van der Waals surface area contributed by atoms with Gasteiger partial charge in [-0.2, -0.15) is 0 Å². The van der Waals surface area contributed by atoms with Gasteiger partial charge in [-0.3, -0.25) is 4.79 Å². The lowest BCUT2D eigenvalue weighted by Gasteiger charge is -2.35. The molecule has 134 valence electrons. The zero-order valence-electron chi connectivity index (χ0n) is 15.6. The molecule has 1 aromatic carbocycles. The molecule has 3 heterocycles. The Morgan fingerprint density at radius 1 is 1.08 bits per heavy atom. The minimum atomic E-state index is 0.100. The van der Waals surface area contributed by atoms with Crippen LogP contribution in [-0.2, 0) is 13.1 Å². The third-order valence-corrected chi connectivity index (χ3v) is 5.59. The molecule has 26 heavy (non-hydrogen) atoms. The minimum Gasteiger partial charge on any atom is -0.348 e. The Balaban J connectivity index is 1.62. The maximum atomic E-state index is 13.3. The van der Waals surface area contributed by atoms with Gasteiger partial charge in [0.25, 0.3) is 5.91 Å². The van der Waals surface area contributed by atoms with E-state index < -0.39 is 0 Å². The van der Waals surface area contributed by atoms with Crippen LogP contribution >= 0.6 is 0 Å². The van der Waals surface area contributed by atoms with Crippen molar-refractivity contribution < 1.29 is 4.79 Å². The van der Waals surface area contributed by atoms with Gasteiger partial charge in [0.2, 0.25) is 0 Å². The van der Waals surface area contributed by atoms with Gasteiger partial charge in [-0.05, 0) is 44.5 Å². The van der Waals surface area contributed by atoms with Crippen molar-refractivity contribution in [3.63, 3.8) is 0 Å². The molecule has 3 aromatic rings. The molecule has 0 saturated heterocycles. The van der Waals surface area contributed by atoms with Crippen LogP contribution in [0.25, 0.3) is 0 Å². The fourth-order valence-electron chi connectivity index (χ4n) is 4.04. The molecule has 1 amide bonds. The molecule has 0 bridgehead atoms. The molecular weight excluding hydrogens is 322 g/mol. The summed E-state index contributed by atoms with van der Waals surface area (Å²) in [6.07, 6.45) is 2.10.